The maximum atomic E-state index is 5.91. The van der Waals surface area contributed by atoms with E-state index in [9.17, 15) is 0 Å². The van der Waals surface area contributed by atoms with E-state index in [0.717, 1.165) is 6.42 Å². The lowest BCUT2D eigenvalue weighted by molar-refractivity contribution is 0.462. The molecule has 1 aromatic heterocycles. The van der Waals surface area contributed by atoms with Crippen molar-refractivity contribution in [2.24, 2.45) is 0 Å². The quantitative estimate of drug-likeness (QED) is 0.908. The van der Waals surface area contributed by atoms with Gasteiger partial charge in [-0.05, 0) is 24.1 Å². The zero-order valence-electron chi connectivity index (χ0n) is 9.35. The number of anilines is 1. The second-order valence-electron chi connectivity index (χ2n) is 3.48. The van der Waals surface area contributed by atoms with Gasteiger partial charge in [0.2, 0.25) is 11.8 Å². The second-order valence-corrected chi connectivity index (χ2v) is 3.89. The maximum absolute atomic E-state index is 5.91. The molecule has 0 fully saturated rings. The molecule has 0 atom stereocenters. The van der Waals surface area contributed by atoms with Gasteiger partial charge in [-0.25, -0.2) is 4.98 Å². The fraction of sp³-hybridized carbons (Fsp3) is 0.167. The van der Waals surface area contributed by atoms with Crippen molar-refractivity contribution in [2.45, 2.75) is 13.3 Å². The van der Waals surface area contributed by atoms with Crippen molar-refractivity contribution >= 4 is 17.5 Å². The van der Waals surface area contributed by atoms with Crippen LogP contribution in [0.15, 0.2) is 30.5 Å². The third-order valence-corrected chi connectivity index (χ3v) is 2.51. The van der Waals surface area contributed by atoms with Gasteiger partial charge in [0.15, 0.2) is 0 Å². The lowest BCUT2D eigenvalue weighted by Crippen LogP contribution is -1.97. The lowest BCUT2D eigenvalue weighted by Gasteiger charge is -2.07. The van der Waals surface area contributed by atoms with Crippen LogP contribution in [0.1, 0.15) is 12.5 Å². The Morgan fingerprint density at radius 2 is 2.24 bits per heavy atom. The molecule has 2 aromatic rings. The number of aryl methyl sites for hydroxylation is 1. The molecule has 0 radical (unpaired) electrons. The zero-order valence-corrected chi connectivity index (χ0v) is 10.1. The van der Waals surface area contributed by atoms with Gasteiger partial charge in [-0.1, -0.05) is 30.7 Å². The van der Waals surface area contributed by atoms with Crippen LogP contribution in [0.25, 0.3) is 0 Å². The third kappa shape index (κ3) is 2.85. The molecule has 5 heteroatoms. The van der Waals surface area contributed by atoms with Crippen molar-refractivity contribution in [2.75, 3.05) is 5.73 Å². The van der Waals surface area contributed by atoms with Gasteiger partial charge in [-0.2, -0.15) is 4.98 Å². The van der Waals surface area contributed by atoms with Gasteiger partial charge in [-0.3, -0.25) is 0 Å². The fourth-order valence-electron chi connectivity index (χ4n) is 1.38. The highest BCUT2D eigenvalue weighted by molar-refractivity contribution is 6.31. The summed E-state index contributed by atoms with van der Waals surface area (Å²) in [4.78, 5) is 7.71. The van der Waals surface area contributed by atoms with E-state index in [4.69, 9.17) is 22.1 Å². The van der Waals surface area contributed by atoms with Crippen LogP contribution >= 0.6 is 11.6 Å². The summed E-state index contributed by atoms with van der Waals surface area (Å²) in [6.07, 6.45) is 2.36. The van der Waals surface area contributed by atoms with E-state index in [-0.39, 0.29) is 11.8 Å². The number of benzene rings is 1. The Labute approximate surface area is 104 Å². The summed E-state index contributed by atoms with van der Waals surface area (Å²) in [6, 6.07) is 7.73. The minimum atomic E-state index is 0.135. The Balaban J connectivity index is 2.27. The van der Waals surface area contributed by atoms with E-state index in [2.05, 4.69) is 16.9 Å². The molecule has 0 saturated carbocycles. The first-order chi connectivity index (χ1) is 8.19. The molecule has 1 heterocycles. The predicted molar refractivity (Wildman–Crippen MR) is 67.3 cm³/mol. The van der Waals surface area contributed by atoms with Crippen LogP contribution in [-0.4, -0.2) is 9.97 Å². The standard InChI is InChI=1S/C12H12ClN3O/c1-2-8-4-3-5-9(6-8)17-11-10(13)7-15-12(14)16-11/h3-7H,2H2,1H3,(H2,14,15,16). The molecule has 0 aliphatic rings. The van der Waals surface area contributed by atoms with Crippen LogP contribution in [0.5, 0.6) is 11.6 Å². The average Bonchev–Trinajstić information content (AvgIpc) is 2.34. The smallest absolute Gasteiger partial charge is 0.243 e. The van der Waals surface area contributed by atoms with Crippen LogP contribution in [-0.2, 0) is 6.42 Å². The topological polar surface area (TPSA) is 61.0 Å². The fourth-order valence-corrected chi connectivity index (χ4v) is 1.51. The van der Waals surface area contributed by atoms with E-state index in [1.54, 1.807) is 0 Å². The van der Waals surface area contributed by atoms with Gasteiger partial charge >= 0.3 is 0 Å². The molecular formula is C12H12ClN3O. The molecule has 0 aliphatic heterocycles. The van der Waals surface area contributed by atoms with Crippen molar-refractivity contribution in [3.8, 4) is 11.6 Å². The third-order valence-electron chi connectivity index (χ3n) is 2.25. The van der Waals surface area contributed by atoms with Gasteiger partial charge in [-0.15, -0.1) is 0 Å². The molecule has 0 unspecified atom stereocenters. The van der Waals surface area contributed by atoms with E-state index >= 15 is 0 Å². The number of nitrogens with zero attached hydrogens (tertiary/aromatic N) is 2. The highest BCUT2D eigenvalue weighted by Crippen LogP contribution is 2.27. The number of aromatic nitrogens is 2. The molecule has 2 rings (SSSR count). The second kappa shape index (κ2) is 5.01. The van der Waals surface area contributed by atoms with E-state index in [0.29, 0.717) is 10.8 Å². The highest BCUT2D eigenvalue weighted by atomic mass is 35.5. The number of hydrogen-bond acceptors (Lipinski definition) is 4. The monoisotopic (exact) mass is 249 g/mol. The molecule has 2 N–H and O–H groups in total. The molecule has 17 heavy (non-hydrogen) atoms. The zero-order chi connectivity index (χ0) is 12.3. The molecule has 1 aromatic carbocycles. The summed E-state index contributed by atoms with van der Waals surface area (Å²) in [7, 11) is 0. The van der Waals surface area contributed by atoms with Gasteiger partial charge in [0, 0.05) is 0 Å². The summed E-state index contributed by atoms with van der Waals surface area (Å²) in [5.41, 5.74) is 6.66. The first-order valence-corrected chi connectivity index (χ1v) is 5.61. The van der Waals surface area contributed by atoms with E-state index < -0.39 is 0 Å². The number of ether oxygens (including phenoxy) is 1. The van der Waals surface area contributed by atoms with Crippen molar-refractivity contribution in [1.82, 2.24) is 9.97 Å². The lowest BCUT2D eigenvalue weighted by atomic mass is 10.2. The van der Waals surface area contributed by atoms with Gasteiger partial charge in [0.05, 0.1) is 6.20 Å². The van der Waals surface area contributed by atoms with Gasteiger partial charge in [0.25, 0.3) is 0 Å². The number of rotatable bonds is 3. The Morgan fingerprint density at radius 1 is 1.41 bits per heavy atom. The Bertz CT molecular complexity index is 531. The summed E-state index contributed by atoms with van der Waals surface area (Å²) < 4.78 is 5.57. The summed E-state index contributed by atoms with van der Waals surface area (Å²) >= 11 is 5.91. The van der Waals surface area contributed by atoms with Crippen molar-refractivity contribution in [3.63, 3.8) is 0 Å². The summed E-state index contributed by atoms with van der Waals surface area (Å²) in [5.74, 6) is 1.09. The van der Waals surface area contributed by atoms with Crippen molar-refractivity contribution in [1.29, 1.82) is 0 Å². The van der Waals surface area contributed by atoms with E-state index in [1.807, 2.05) is 24.3 Å². The minimum absolute atomic E-state index is 0.135. The largest absolute Gasteiger partial charge is 0.437 e. The first kappa shape index (κ1) is 11.7. The molecular weight excluding hydrogens is 238 g/mol. The molecule has 4 nitrogen and oxygen atoms in total. The highest BCUT2D eigenvalue weighted by Gasteiger charge is 2.06. The van der Waals surface area contributed by atoms with Crippen LogP contribution in [0.3, 0.4) is 0 Å². The SMILES string of the molecule is CCc1cccc(Oc2nc(N)ncc2Cl)c1. The molecule has 88 valence electrons. The van der Waals surface area contributed by atoms with Crippen molar-refractivity contribution in [3.05, 3.63) is 41.0 Å². The number of nitrogens with two attached hydrogens (primary N) is 1. The number of halogens is 1. The van der Waals surface area contributed by atoms with Crippen LogP contribution in [0.4, 0.5) is 5.95 Å². The minimum Gasteiger partial charge on any atom is -0.437 e. The molecule has 0 saturated heterocycles. The van der Waals surface area contributed by atoms with Crippen LogP contribution in [0.2, 0.25) is 5.02 Å². The average molecular weight is 250 g/mol. The first-order valence-electron chi connectivity index (χ1n) is 5.24. The van der Waals surface area contributed by atoms with E-state index in [1.165, 1.54) is 11.8 Å². The van der Waals surface area contributed by atoms with Crippen molar-refractivity contribution < 1.29 is 4.74 Å². The van der Waals surface area contributed by atoms with Gasteiger partial charge < -0.3 is 10.5 Å². The molecule has 0 spiro atoms. The predicted octanol–water partition coefficient (Wildman–Crippen LogP) is 3.07. The van der Waals surface area contributed by atoms with Gasteiger partial charge in [0.1, 0.15) is 10.8 Å². The van der Waals surface area contributed by atoms with Crippen LogP contribution in [0, 0.1) is 0 Å². The Morgan fingerprint density at radius 3 is 3.00 bits per heavy atom. The Kier molecular flexibility index (Phi) is 3.44. The number of nitrogen functional groups attached to an aromatic ring is 1. The summed E-state index contributed by atoms with van der Waals surface area (Å²) in [5, 5.41) is 0.334. The maximum Gasteiger partial charge on any atom is 0.243 e. The molecule has 0 bridgehead atoms. The molecule has 0 aliphatic carbocycles. The molecule has 0 amide bonds. The number of hydrogen-bond donors (Lipinski definition) is 1. The normalized spacial score (nSPS) is 10.2. The Hall–Kier alpha value is -1.81. The summed E-state index contributed by atoms with van der Waals surface area (Å²) in [6.45, 7) is 2.08. The van der Waals surface area contributed by atoms with Crippen LogP contribution < -0.4 is 10.5 Å².